The minimum absolute atomic E-state index is 0.662. The number of halogens is 1. The molecule has 2 aromatic heterocycles. The molecular weight excluding hydrogens is 188 g/mol. The van der Waals surface area contributed by atoms with Gasteiger partial charge in [0.15, 0.2) is 11.5 Å². The van der Waals surface area contributed by atoms with Crippen LogP contribution in [0.5, 0.6) is 0 Å². The highest BCUT2D eigenvalue weighted by atomic mass is 35.5. The first kappa shape index (κ1) is 8.56. The highest BCUT2D eigenvalue weighted by molar-refractivity contribution is 6.34. The Balaban J connectivity index is 2.60. The van der Waals surface area contributed by atoms with Crippen molar-refractivity contribution < 1.29 is 0 Å². The predicted molar refractivity (Wildman–Crippen MR) is 51.1 cm³/mol. The molecule has 0 spiro atoms. The van der Waals surface area contributed by atoms with Crippen molar-refractivity contribution in [2.24, 2.45) is 0 Å². The number of aromatic nitrogens is 4. The smallest absolute Gasteiger partial charge is 0.196 e. The molecule has 0 bridgehead atoms. The van der Waals surface area contributed by atoms with Crippen LogP contribution in [0, 0.1) is 6.92 Å². The van der Waals surface area contributed by atoms with Gasteiger partial charge in [-0.05, 0) is 13.3 Å². The summed E-state index contributed by atoms with van der Waals surface area (Å²) in [6.07, 6.45) is 1.97. The Hall–Kier alpha value is -1.03. The van der Waals surface area contributed by atoms with E-state index >= 15 is 0 Å². The lowest BCUT2D eigenvalue weighted by atomic mass is 10.3. The third-order valence-corrected chi connectivity index (χ3v) is 2.46. The average Bonchev–Trinajstić information content (AvgIpc) is 2.59. The highest BCUT2D eigenvalue weighted by Crippen LogP contribution is 2.20. The van der Waals surface area contributed by atoms with Crippen molar-refractivity contribution in [3.05, 3.63) is 16.5 Å². The lowest BCUT2D eigenvalue weighted by Gasteiger charge is -1.91. The van der Waals surface area contributed by atoms with E-state index in [0.717, 1.165) is 30.0 Å². The molecule has 2 heterocycles. The topological polar surface area (TPSA) is 46.0 Å². The zero-order valence-corrected chi connectivity index (χ0v) is 8.39. The number of nitrogens with zero attached hydrogens (tertiary/aromatic N) is 3. The second kappa shape index (κ2) is 3.03. The molecule has 4 nitrogen and oxygen atoms in total. The molecular formula is C8H11ClN4. The zero-order valence-electron chi connectivity index (χ0n) is 7.63. The van der Waals surface area contributed by atoms with E-state index in [9.17, 15) is 0 Å². The molecule has 13 heavy (non-hydrogen) atoms. The van der Waals surface area contributed by atoms with Gasteiger partial charge in [0.05, 0.1) is 5.69 Å². The molecule has 0 saturated heterocycles. The van der Waals surface area contributed by atoms with Gasteiger partial charge < -0.3 is 0 Å². The molecule has 5 heteroatoms. The largest absolute Gasteiger partial charge is 0.294 e. The van der Waals surface area contributed by atoms with Crippen LogP contribution < -0.4 is 0 Å². The molecule has 0 unspecified atom stereocenters. The summed E-state index contributed by atoms with van der Waals surface area (Å²) in [4.78, 5) is 0. The van der Waals surface area contributed by atoms with E-state index in [1.807, 2.05) is 11.4 Å². The molecule has 1 N–H and O–H groups in total. The van der Waals surface area contributed by atoms with E-state index in [0.29, 0.717) is 5.02 Å². The van der Waals surface area contributed by atoms with Crippen molar-refractivity contribution in [3.63, 3.8) is 0 Å². The molecule has 0 aromatic carbocycles. The molecule has 2 aromatic rings. The van der Waals surface area contributed by atoms with Gasteiger partial charge in [-0.15, -0.1) is 10.2 Å². The fraction of sp³-hybridized carbons (Fsp3) is 0.500. The predicted octanol–water partition coefficient (Wildman–Crippen LogP) is 1.97. The SMILES string of the molecule is CCCc1nnc2c(Cl)c(C)[nH]n12. The maximum Gasteiger partial charge on any atom is 0.196 e. The van der Waals surface area contributed by atoms with Crippen LogP contribution in [-0.2, 0) is 6.42 Å². The summed E-state index contributed by atoms with van der Waals surface area (Å²) < 4.78 is 1.85. The van der Waals surface area contributed by atoms with Gasteiger partial charge in [-0.2, -0.15) is 0 Å². The van der Waals surface area contributed by atoms with Crippen LogP contribution in [0.4, 0.5) is 0 Å². The summed E-state index contributed by atoms with van der Waals surface area (Å²) in [7, 11) is 0. The molecule has 0 fully saturated rings. The van der Waals surface area contributed by atoms with Gasteiger partial charge in [0.25, 0.3) is 0 Å². The van der Waals surface area contributed by atoms with Crippen LogP contribution in [0.1, 0.15) is 24.9 Å². The Morgan fingerprint density at radius 1 is 1.46 bits per heavy atom. The first-order valence-corrected chi connectivity index (χ1v) is 4.70. The molecule has 2 rings (SSSR count). The highest BCUT2D eigenvalue weighted by Gasteiger charge is 2.11. The Labute approximate surface area is 80.9 Å². The third kappa shape index (κ3) is 1.21. The van der Waals surface area contributed by atoms with E-state index < -0.39 is 0 Å². The summed E-state index contributed by atoms with van der Waals surface area (Å²) in [5.41, 5.74) is 1.66. The van der Waals surface area contributed by atoms with E-state index in [4.69, 9.17) is 11.6 Å². The summed E-state index contributed by atoms with van der Waals surface area (Å²) in [6, 6.07) is 0. The number of aromatic amines is 1. The van der Waals surface area contributed by atoms with E-state index in [1.165, 1.54) is 0 Å². The van der Waals surface area contributed by atoms with Crippen molar-refractivity contribution in [1.82, 2.24) is 19.8 Å². The van der Waals surface area contributed by atoms with Crippen LogP contribution in [0.25, 0.3) is 5.65 Å². The number of hydrogen-bond donors (Lipinski definition) is 1. The van der Waals surface area contributed by atoms with Crippen LogP contribution in [0.2, 0.25) is 5.02 Å². The fourth-order valence-electron chi connectivity index (χ4n) is 1.35. The Morgan fingerprint density at radius 2 is 2.23 bits per heavy atom. The first-order chi connectivity index (χ1) is 6.24. The average molecular weight is 199 g/mol. The minimum atomic E-state index is 0.662. The van der Waals surface area contributed by atoms with E-state index in [-0.39, 0.29) is 0 Å². The summed E-state index contributed by atoms with van der Waals surface area (Å²) in [6.45, 7) is 4.03. The van der Waals surface area contributed by atoms with E-state index in [1.54, 1.807) is 0 Å². The number of fused-ring (bicyclic) bond motifs is 1. The third-order valence-electron chi connectivity index (χ3n) is 2.01. The normalized spacial score (nSPS) is 11.3. The number of nitrogens with one attached hydrogen (secondary N) is 1. The number of H-pyrrole nitrogens is 1. The molecule has 0 radical (unpaired) electrons. The summed E-state index contributed by atoms with van der Waals surface area (Å²) >= 11 is 6.00. The molecule has 0 aliphatic carbocycles. The van der Waals surface area contributed by atoms with Gasteiger partial charge in [0.2, 0.25) is 0 Å². The Bertz CT molecular complexity index is 428. The van der Waals surface area contributed by atoms with Gasteiger partial charge in [-0.3, -0.25) is 5.10 Å². The van der Waals surface area contributed by atoms with E-state index in [2.05, 4.69) is 22.2 Å². The monoisotopic (exact) mass is 198 g/mol. The Kier molecular flexibility index (Phi) is 2.00. The first-order valence-electron chi connectivity index (χ1n) is 4.32. The van der Waals surface area contributed by atoms with Gasteiger partial charge in [0.1, 0.15) is 5.02 Å². The van der Waals surface area contributed by atoms with Crippen LogP contribution in [0.3, 0.4) is 0 Å². The molecule has 0 aliphatic rings. The number of aryl methyl sites for hydroxylation is 2. The second-order valence-electron chi connectivity index (χ2n) is 3.08. The maximum atomic E-state index is 6.00. The lowest BCUT2D eigenvalue weighted by molar-refractivity contribution is 0.771. The van der Waals surface area contributed by atoms with Gasteiger partial charge in [-0.1, -0.05) is 18.5 Å². The quantitative estimate of drug-likeness (QED) is 0.802. The Morgan fingerprint density at radius 3 is 2.92 bits per heavy atom. The van der Waals surface area contributed by atoms with Crippen LogP contribution >= 0.6 is 11.6 Å². The van der Waals surface area contributed by atoms with Crippen molar-refractivity contribution in [2.75, 3.05) is 0 Å². The molecule has 0 atom stereocenters. The van der Waals surface area contributed by atoms with Gasteiger partial charge >= 0.3 is 0 Å². The second-order valence-corrected chi connectivity index (χ2v) is 3.45. The van der Waals surface area contributed by atoms with Crippen molar-refractivity contribution in [2.45, 2.75) is 26.7 Å². The molecule has 0 amide bonds. The fourth-order valence-corrected chi connectivity index (χ4v) is 1.51. The molecule has 0 saturated carbocycles. The van der Waals surface area contributed by atoms with Crippen molar-refractivity contribution in [1.29, 1.82) is 0 Å². The van der Waals surface area contributed by atoms with Gasteiger partial charge in [-0.25, -0.2) is 4.52 Å². The summed E-state index contributed by atoms with van der Waals surface area (Å²) in [5, 5.41) is 11.8. The number of hydrogen-bond acceptors (Lipinski definition) is 2. The van der Waals surface area contributed by atoms with Crippen molar-refractivity contribution >= 4 is 17.2 Å². The van der Waals surface area contributed by atoms with Crippen molar-refractivity contribution in [3.8, 4) is 0 Å². The molecule has 0 aliphatic heterocycles. The minimum Gasteiger partial charge on any atom is -0.294 e. The van der Waals surface area contributed by atoms with Crippen LogP contribution in [-0.4, -0.2) is 19.8 Å². The zero-order chi connectivity index (χ0) is 9.42. The van der Waals surface area contributed by atoms with Gasteiger partial charge in [0, 0.05) is 6.42 Å². The standard InChI is InChI=1S/C8H11ClN4/c1-3-4-6-10-11-8-7(9)5(2)12-13(6)8/h12H,3-4H2,1-2H3. The number of rotatable bonds is 2. The lowest BCUT2D eigenvalue weighted by Crippen LogP contribution is -1.94. The van der Waals surface area contributed by atoms with Crippen LogP contribution in [0.15, 0.2) is 0 Å². The molecule has 70 valence electrons. The summed E-state index contributed by atoms with van der Waals surface area (Å²) in [5.74, 6) is 0.938. The maximum absolute atomic E-state index is 6.00.